The van der Waals surface area contributed by atoms with Crippen molar-refractivity contribution in [2.24, 2.45) is 7.05 Å². The number of Topliss-reactive ketones (excluding diaryl/α,β-unsaturated/α-hetero) is 1. The summed E-state index contributed by atoms with van der Waals surface area (Å²) in [6.45, 7) is 7.64. The van der Waals surface area contributed by atoms with E-state index in [1.54, 1.807) is 6.92 Å². The molecule has 134 valence electrons. The summed E-state index contributed by atoms with van der Waals surface area (Å²) in [5.41, 5.74) is 1.78. The van der Waals surface area contributed by atoms with Crippen molar-refractivity contribution in [3.63, 3.8) is 0 Å². The number of nitrogens with zero attached hydrogens (tertiary/aromatic N) is 3. The quantitative estimate of drug-likeness (QED) is 0.816. The molecule has 0 spiro atoms. The Morgan fingerprint density at radius 1 is 1.44 bits per heavy atom. The van der Waals surface area contributed by atoms with Gasteiger partial charge in [-0.15, -0.1) is 0 Å². The number of benzene rings is 1. The number of rotatable bonds is 6. The van der Waals surface area contributed by atoms with E-state index in [1.807, 2.05) is 44.6 Å². The van der Waals surface area contributed by atoms with E-state index in [0.29, 0.717) is 6.61 Å². The van der Waals surface area contributed by atoms with Gasteiger partial charge in [-0.05, 0) is 32.0 Å². The molecule has 6 heteroatoms. The van der Waals surface area contributed by atoms with Crippen LogP contribution in [0.4, 0.5) is 0 Å². The third-order valence-electron chi connectivity index (χ3n) is 4.65. The SMILES string of the molecule is CCOc1ccc(C(C)=O)cc1CN1CCNCC1c1nccn1C. The van der Waals surface area contributed by atoms with Crippen molar-refractivity contribution in [3.8, 4) is 5.75 Å². The first kappa shape index (κ1) is 17.6. The Kier molecular flexibility index (Phi) is 5.50. The number of ketones is 1. The molecule has 1 unspecified atom stereocenters. The van der Waals surface area contributed by atoms with E-state index in [4.69, 9.17) is 4.74 Å². The standard InChI is InChI=1S/C19H26N4O2/c1-4-25-18-6-5-15(14(2)24)11-16(18)13-23-10-7-20-12-17(23)19-21-8-9-22(19)3/h5-6,8-9,11,17,20H,4,7,10,12-13H2,1-3H3. The maximum Gasteiger partial charge on any atom is 0.159 e. The average molecular weight is 342 g/mol. The molecule has 1 aliphatic rings. The van der Waals surface area contributed by atoms with E-state index >= 15 is 0 Å². The second-order valence-electron chi connectivity index (χ2n) is 6.40. The summed E-state index contributed by atoms with van der Waals surface area (Å²) in [4.78, 5) is 18.7. The largest absolute Gasteiger partial charge is 0.494 e. The molecule has 1 aliphatic heterocycles. The van der Waals surface area contributed by atoms with Gasteiger partial charge in [-0.25, -0.2) is 4.98 Å². The maximum atomic E-state index is 11.8. The Labute approximate surface area is 148 Å². The maximum absolute atomic E-state index is 11.8. The first-order valence-corrected chi connectivity index (χ1v) is 8.78. The highest BCUT2D eigenvalue weighted by molar-refractivity contribution is 5.94. The fourth-order valence-electron chi connectivity index (χ4n) is 3.33. The summed E-state index contributed by atoms with van der Waals surface area (Å²) in [5, 5.41) is 3.46. The highest BCUT2D eigenvalue weighted by atomic mass is 16.5. The van der Waals surface area contributed by atoms with Crippen LogP contribution >= 0.6 is 0 Å². The van der Waals surface area contributed by atoms with Crippen molar-refractivity contribution < 1.29 is 9.53 Å². The number of aromatic nitrogens is 2. The molecule has 25 heavy (non-hydrogen) atoms. The molecular formula is C19H26N4O2. The van der Waals surface area contributed by atoms with E-state index in [1.165, 1.54) is 0 Å². The number of piperazine rings is 1. The van der Waals surface area contributed by atoms with Gasteiger partial charge in [0.2, 0.25) is 0 Å². The summed E-state index contributed by atoms with van der Waals surface area (Å²) in [5.74, 6) is 1.97. The monoisotopic (exact) mass is 342 g/mol. The van der Waals surface area contributed by atoms with Gasteiger partial charge < -0.3 is 14.6 Å². The number of hydrogen-bond acceptors (Lipinski definition) is 5. The van der Waals surface area contributed by atoms with Crippen LogP contribution in [0.5, 0.6) is 5.75 Å². The van der Waals surface area contributed by atoms with Crippen LogP contribution in [0.3, 0.4) is 0 Å². The first-order valence-electron chi connectivity index (χ1n) is 8.78. The summed E-state index contributed by atoms with van der Waals surface area (Å²) < 4.78 is 7.86. The first-order chi connectivity index (χ1) is 12.1. The second-order valence-corrected chi connectivity index (χ2v) is 6.40. The molecule has 1 aromatic carbocycles. The van der Waals surface area contributed by atoms with Crippen molar-refractivity contribution >= 4 is 5.78 Å². The lowest BCUT2D eigenvalue weighted by molar-refractivity contribution is 0.101. The molecule has 0 radical (unpaired) electrons. The van der Waals surface area contributed by atoms with E-state index in [2.05, 4.69) is 19.8 Å². The molecule has 1 fully saturated rings. The van der Waals surface area contributed by atoms with Crippen molar-refractivity contribution in [2.75, 3.05) is 26.2 Å². The van der Waals surface area contributed by atoms with E-state index < -0.39 is 0 Å². The van der Waals surface area contributed by atoms with Crippen LogP contribution < -0.4 is 10.1 Å². The highest BCUT2D eigenvalue weighted by Crippen LogP contribution is 2.27. The van der Waals surface area contributed by atoms with Gasteiger partial charge in [-0.3, -0.25) is 9.69 Å². The number of hydrogen-bond donors (Lipinski definition) is 1. The molecule has 0 amide bonds. The lowest BCUT2D eigenvalue weighted by atomic mass is 10.0. The number of nitrogens with one attached hydrogen (secondary N) is 1. The lowest BCUT2D eigenvalue weighted by Crippen LogP contribution is -2.46. The van der Waals surface area contributed by atoms with Gasteiger partial charge in [0, 0.05) is 56.7 Å². The normalized spacial score (nSPS) is 18.3. The van der Waals surface area contributed by atoms with Crippen molar-refractivity contribution in [1.29, 1.82) is 0 Å². The molecule has 0 saturated carbocycles. The van der Waals surface area contributed by atoms with Crippen LogP contribution in [0.2, 0.25) is 0 Å². The van der Waals surface area contributed by atoms with Crippen LogP contribution in [0.25, 0.3) is 0 Å². The molecule has 1 saturated heterocycles. The van der Waals surface area contributed by atoms with Crippen LogP contribution in [0.15, 0.2) is 30.6 Å². The molecule has 3 rings (SSSR count). The zero-order valence-corrected chi connectivity index (χ0v) is 15.2. The molecular weight excluding hydrogens is 316 g/mol. The minimum atomic E-state index is 0.0743. The van der Waals surface area contributed by atoms with E-state index in [0.717, 1.165) is 48.9 Å². The Morgan fingerprint density at radius 3 is 2.96 bits per heavy atom. The molecule has 0 aliphatic carbocycles. The van der Waals surface area contributed by atoms with Gasteiger partial charge in [-0.1, -0.05) is 0 Å². The van der Waals surface area contributed by atoms with Gasteiger partial charge in [-0.2, -0.15) is 0 Å². The molecule has 2 aromatic rings. The molecule has 6 nitrogen and oxygen atoms in total. The van der Waals surface area contributed by atoms with Gasteiger partial charge in [0.15, 0.2) is 5.78 Å². The van der Waals surface area contributed by atoms with Crippen LogP contribution in [-0.2, 0) is 13.6 Å². The fraction of sp³-hybridized carbons (Fsp3) is 0.474. The van der Waals surface area contributed by atoms with Gasteiger partial charge in [0.05, 0.1) is 12.6 Å². The van der Waals surface area contributed by atoms with Crippen molar-refractivity contribution in [3.05, 3.63) is 47.5 Å². The smallest absolute Gasteiger partial charge is 0.159 e. The van der Waals surface area contributed by atoms with Gasteiger partial charge >= 0.3 is 0 Å². The zero-order chi connectivity index (χ0) is 17.8. The van der Waals surface area contributed by atoms with Crippen LogP contribution in [0.1, 0.15) is 41.6 Å². The highest BCUT2D eigenvalue weighted by Gasteiger charge is 2.27. The fourth-order valence-corrected chi connectivity index (χ4v) is 3.33. The molecule has 1 N–H and O–H groups in total. The molecule has 2 heterocycles. The van der Waals surface area contributed by atoms with E-state index in [9.17, 15) is 4.79 Å². The minimum Gasteiger partial charge on any atom is -0.494 e. The lowest BCUT2D eigenvalue weighted by Gasteiger charge is -2.36. The van der Waals surface area contributed by atoms with E-state index in [-0.39, 0.29) is 11.8 Å². The third kappa shape index (κ3) is 3.91. The summed E-state index contributed by atoms with van der Waals surface area (Å²) in [6.07, 6.45) is 3.81. The Morgan fingerprint density at radius 2 is 2.28 bits per heavy atom. The van der Waals surface area contributed by atoms with Crippen molar-refractivity contribution in [2.45, 2.75) is 26.4 Å². The number of imidazole rings is 1. The Bertz CT molecular complexity index is 741. The van der Waals surface area contributed by atoms with Gasteiger partial charge in [0.1, 0.15) is 11.6 Å². The minimum absolute atomic E-state index is 0.0743. The Balaban J connectivity index is 1.89. The molecule has 1 aromatic heterocycles. The topological polar surface area (TPSA) is 59.4 Å². The van der Waals surface area contributed by atoms with Crippen LogP contribution in [0, 0.1) is 0 Å². The Hall–Kier alpha value is -2.18. The summed E-state index contributed by atoms with van der Waals surface area (Å²) in [6, 6.07) is 5.91. The number of carbonyl (C=O) groups is 1. The predicted octanol–water partition coefficient (Wildman–Crippen LogP) is 2.17. The third-order valence-corrected chi connectivity index (χ3v) is 4.65. The predicted molar refractivity (Wildman–Crippen MR) is 96.8 cm³/mol. The summed E-state index contributed by atoms with van der Waals surface area (Å²) in [7, 11) is 2.02. The van der Waals surface area contributed by atoms with Crippen molar-refractivity contribution in [1.82, 2.24) is 19.8 Å². The second kappa shape index (κ2) is 7.80. The molecule has 0 bridgehead atoms. The zero-order valence-electron chi connectivity index (χ0n) is 15.2. The number of aryl methyl sites for hydroxylation is 1. The number of carbonyl (C=O) groups excluding carboxylic acids is 1. The number of ether oxygens (including phenoxy) is 1. The summed E-state index contributed by atoms with van der Waals surface area (Å²) >= 11 is 0. The molecule has 1 atom stereocenters. The van der Waals surface area contributed by atoms with Gasteiger partial charge in [0.25, 0.3) is 0 Å². The van der Waals surface area contributed by atoms with Crippen LogP contribution in [-0.4, -0.2) is 46.5 Å². The average Bonchev–Trinajstić information content (AvgIpc) is 3.03.